The Hall–Kier alpha value is 0.180. The molecule has 0 radical (unpaired) electrons. The van der Waals surface area contributed by atoms with Crippen LogP contribution in [0.1, 0.15) is 41.0 Å². The molecule has 0 atom stereocenters. The second-order valence-electron chi connectivity index (χ2n) is 4.61. The average Bonchev–Trinajstić information content (AvgIpc) is 2.03. The summed E-state index contributed by atoms with van der Waals surface area (Å²) in [5.41, 5.74) is 1.78. The lowest BCUT2D eigenvalue weighted by Gasteiger charge is -2.25. The number of rotatable bonds is 0. The van der Waals surface area contributed by atoms with Crippen molar-refractivity contribution in [3.8, 4) is 0 Å². The molecule has 0 unspecified atom stereocenters. The predicted molar refractivity (Wildman–Crippen MR) is 65.7 cm³/mol. The summed E-state index contributed by atoms with van der Waals surface area (Å²) in [6.07, 6.45) is 3.51. The summed E-state index contributed by atoms with van der Waals surface area (Å²) in [4.78, 5) is 3.04. The maximum Gasteiger partial charge on any atom is -0.00141 e. The topological polar surface area (TPSA) is 0 Å². The van der Waals surface area contributed by atoms with Gasteiger partial charge in [-0.1, -0.05) is 54.0 Å². The van der Waals surface area contributed by atoms with Crippen molar-refractivity contribution in [2.24, 2.45) is 5.41 Å². The van der Waals surface area contributed by atoms with Crippen LogP contribution in [0.3, 0.4) is 0 Å². The fourth-order valence-electron chi connectivity index (χ4n) is 1.07. The Kier molecular flexibility index (Phi) is 3.58. The smallest absolute Gasteiger partial charge is 0.00141 e. The highest BCUT2D eigenvalue weighted by atomic mass is 33.1. The van der Waals surface area contributed by atoms with Gasteiger partial charge in [0.2, 0.25) is 0 Å². The van der Waals surface area contributed by atoms with Crippen molar-refractivity contribution in [1.82, 2.24) is 0 Å². The predicted octanol–water partition coefficient (Wildman–Crippen LogP) is 5.00. The molecule has 1 aliphatic heterocycles. The molecule has 0 aromatic heterocycles. The molecule has 0 N–H and O–H groups in total. The summed E-state index contributed by atoms with van der Waals surface area (Å²) in [7, 11) is 3.86. The zero-order valence-electron chi connectivity index (χ0n) is 9.10. The van der Waals surface area contributed by atoms with Crippen molar-refractivity contribution in [1.29, 1.82) is 0 Å². The van der Waals surface area contributed by atoms with Crippen molar-refractivity contribution in [3.63, 3.8) is 0 Å². The highest BCUT2D eigenvalue weighted by Gasteiger charge is 2.21. The van der Waals surface area contributed by atoms with Crippen LogP contribution in [0.5, 0.6) is 0 Å². The van der Waals surface area contributed by atoms with Crippen LogP contribution in [0.15, 0.2) is 21.5 Å². The monoisotopic (exact) mass is 214 g/mol. The minimum atomic E-state index is 0.324. The highest BCUT2D eigenvalue weighted by molar-refractivity contribution is 8.79. The molecule has 2 heteroatoms. The van der Waals surface area contributed by atoms with E-state index in [-0.39, 0.29) is 0 Å². The molecule has 0 aromatic carbocycles. The Labute approximate surface area is 89.6 Å². The van der Waals surface area contributed by atoms with Gasteiger partial charge in [-0.3, -0.25) is 0 Å². The number of hydrogen-bond acceptors (Lipinski definition) is 2. The summed E-state index contributed by atoms with van der Waals surface area (Å²) in [6.45, 7) is 11.2. The third-order valence-electron chi connectivity index (χ3n) is 2.00. The van der Waals surface area contributed by atoms with E-state index in [2.05, 4.69) is 40.7 Å². The molecule has 0 nitrogen and oxygen atoms in total. The van der Waals surface area contributed by atoms with E-state index < -0.39 is 0 Å². The molecule has 1 rings (SSSR count). The third-order valence-corrected chi connectivity index (χ3v) is 5.21. The van der Waals surface area contributed by atoms with Gasteiger partial charge in [-0.2, -0.15) is 0 Å². The third kappa shape index (κ3) is 3.10. The summed E-state index contributed by atoms with van der Waals surface area (Å²) in [5.74, 6) is 0. The van der Waals surface area contributed by atoms with E-state index in [0.29, 0.717) is 5.41 Å². The molecule has 1 heterocycles. The van der Waals surface area contributed by atoms with Gasteiger partial charge in [0, 0.05) is 0 Å². The molecule has 0 saturated carbocycles. The van der Waals surface area contributed by atoms with E-state index in [1.165, 1.54) is 15.4 Å². The van der Waals surface area contributed by atoms with Gasteiger partial charge >= 0.3 is 0 Å². The molecule has 0 aliphatic carbocycles. The van der Waals surface area contributed by atoms with Gasteiger partial charge in [-0.05, 0) is 35.5 Å². The van der Waals surface area contributed by atoms with Crippen LogP contribution in [0.25, 0.3) is 0 Å². The fourth-order valence-corrected chi connectivity index (χ4v) is 4.21. The lowest BCUT2D eigenvalue weighted by atomic mass is 9.95. The van der Waals surface area contributed by atoms with Gasteiger partial charge in [0.05, 0.1) is 0 Å². The first kappa shape index (κ1) is 11.3. The Bertz CT molecular complexity index is 250. The molecule has 0 spiro atoms. The van der Waals surface area contributed by atoms with Crippen molar-refractivity contribution in [2.75, 3.05) is 0 Å². The van der Waals surface area contributed by atoms with Crippen molar-refractivity contribution >= 4 is 21.6 Å². The Morgan fingerprint density at radius 3 is 2.15 bits per heavy atom. The molecule has 0 bridgehead atoms. The van der Waals surface area contributed by atoms with E-state index >= 15 is 0 Å². The second kappa shape index (κ2) is 4.14. The van der Waals surface area contributed by atoms with Gasteiger partial charge in [0.25, 0.3) is 0 Å². The van der Waals surface area contributed by atoms with Crippen molar-refractivity contribution in [2.45, 2.75) is 41.0 Å². The minimum Gasteiger partial charge on any atom is -0.0686 e. The summed E-state index contributed by atoms with van der Waals surface area (Å²) >= 11 is 0. The van der Waals surface area contributed by atoms with Gasteiger partial charge in [0.15, 0.2) is 0 Å². The lowest BCUT2D eigenvalue weighted by molar-refractivity contribution is 0.532. The minimum absolute atomic E-state index is 0.324. The van der Waals surface area contributed by atoms with Crippen LogP contribution >= 0.6 is 21.6 Å². The van der Waals surface area contributed by atoms with Gasteiger partial charge in [-0.15, -0.1) is 0 Å². The zero-order chi connectivity index (χ0) is 10.1. The molecule has 0 saturated heterocycles. The lowest BCUT2D eigenvalue weighted by Crippen LogP contribution is -2.07. The quantitative estimate of drug-likeness (QED) is 0.521. The number of hydrogen-bond donors (Lipinski definition) is 0. The molecular formula is C11H18S2. The number of allylic oxidation sites excluding steroid dienone is 4. The average molecular weight is 214 g/mol. The maximum atomic E-state index is 2.38. The standard InChI is InChI=1S/C11H18S2/c1-8(2)9-6-7-10(13-12-9)11(3,4)5/h7H,6H2,1-5H3. The molecule has 0 aromatic rings. The van der Waals surface area contributed by atoms with Gasteiger partial charge in [0.1, 0.15) is 0 Å². The molecule has 1 aliphatic rings. The van der Waals surface area contributed by atoms with Gasteiger partial charge < -0.3 is 0 Å². The van der Waals surface area contributed by atoms with Crippen LogP contribution in [0.4, 0.5) is 0 Å². The SMILES string of the molecule is CC(C)=C1CC=C(C(C)(C)C)SS1. The van der Waals surface area contributed by atoms with Crippen LogP contribution in [-0.2, 0) is 0 Å². The summed E-state index contributed by atoms with van der Waals surface area (Å²) < 4.78 is 0. The van der Waals surface area contributed by atoms with Crippen LogP contribution in [0.2, 0.25) is 0 Å². The van der Waals surface area contributed by atoms with E-state index in [9.17, 15) is 0 Å². The van der Waals surface area contributed by atoms with Crippen molar-refractivity contribution in [3.05, 3.63) is 21.5 Å². The molecule has 13 heavy (non-hydrogen) atoms. The first-order valence-electron chi connectivity index (χ1n) is 4.63. The maximum absolute atomic E-state index is 2.38. The summed E-state index contributed by atoms with van der Waals surface area (Å²) in [5, 5.41) is 0. The Morgan fingerprint density at radius 1 is 1.23 bits per heavy atom. The zero-order valence-corrected chi connectivity index (χ0v) is 10.7. The normalized spacial score (nSPS) is 18.5. The molecule has 74 valence electrons. The first-order valence-corrected chi connectivity index (χ1v) is 6.78. The molecular weight excluding hydrogens is 196 g/mol. The molecule has 0 amide bonds. The van der Waals surface area contributed by atoms with Crippen LogP contribution < -0.4 is 0 Å². The van der Waals surface area contributed by atoms with E-state index in [0.717, 1.165) is 6.42 Å². The first-order chi connectivity index (χ1) is 5.91. The van der Waals surface area contributed by atoms with Gasteiger partial charge in [-0.25, -0.2) is 0 Å². The second-order valence-corrected chi connectivity index (χ2v) is 6.88. The Balaban J connectivity index is 2.75. The largest absolute Gasteiger partial charge is 0.0686 e. The fraction of sp³-hybridized carbons (Fsp3) is 0.636. The van der Waals surface area contributed by atoms with E-state index in [1.54, 1.807) is 0 Å². The van der Waals surface area contributed by atoms with Crippen molar-refractivity contribution < 1.29 is 0 Å². The molecule has 0 fully saturated rings. The Morgan fingerprint density at radius 2 is 1.85 bits per heavy atom. The highest BCUT2D eigenvalue weighted by Crippen LogP contribution is 2.50. The van der Waals surface area contributed by atoms with E-state index in [1.807, 2.05) is 21.6 Å². The van der Waals surface area contributed by atoms with Crippen LogP contribution in [0, 0.1) is 5.41 Å². The van der Waals surface area contributed by atoms with Crippen LogP contribution in [-0.4, -0.2) is 0 Å². The summed E-state index contributed by atoms with van der Waals surface area (Å²) in [6, 6.07) is 0. The van der Waals surface area contributed by atoms with E-state index in [4.69, 9.17) is 0 Å².